The van der Waals surface area contributed by atoms with Crippen molar-refractivity contribution in [1.29, 1.82) is 0 Å². The van der Waals surface area contributed by atoms with Crippen LogP contribution in [0.5, 0.6) is 0 Å². The van der Waals surface area contributed by atoms with Gasteiger partial charge in [-0.25, -0.2) is 4.98 Å². The number of thiazole rings is 1. The van der Waals surface area contributed by atoms with Crippen molar-refractivity contribution in [1.82, 2.24) is 9.88 Å². The molecule has 1 fully saturated rings. The summed E-state index contributed by atoms with van der Waals surface area (Å²) in [6.45, 7) is 1.16. The van der Waals surface area contributed by atoms with Crippen molar-refractivity contribution in [3.8, 4) is 0 Å². The molecule has 7 heteroatoms. The van der Waals surface area contributed by atoms with E-state index in [1.807, 2.05) is 35.7 Å². The lowest BCUT2D eigenvalue weighted by Gasteiger charge is -2.30. The molecule has 0 spiro atoms. The van der Waals surface area contributed by atoms with E-state index >= 15 is 0 Å². The number of hydrogen-bond donors (Lipinski definition) is 2. The minimum Gasteiger partial charge on any atom is -0.369 e. The Morgan fingerprint density at radius 1 is 1.23 bits per heavy atom. The molecule has 0 aliphatic carbocycles. The minimum atomic E-state index is -0.270. The number of likely N-dealkylation sites (tertiary alicyclic amines) is 1. The number of hydrogen-bond acceptors (Lipinski definition) is 5. The van der Waals surface area contributed by atoms with Crippen molar-refractivity contribution in [2.24, 2.45) is 17.4 Å². The second-order valence-corrected chi connectivity index (χ2v) is 7.60. The lowest BCUT2D eigenvalue weighted by molar-refractivity contribution is -0.134. The molecular formula is C19H24N4O2S. The predicted octanol–water partition coefficient (Wildman–Crippen LogP) is 1.65. The van der Waals surface area contributed by atoms with Gasteiger partial charge in [0.25, 0.3) is 0 Å². The summed E-state index contributed by atoms with van der Waals surface area (Å²) in [7, 11) is 0. The Hall–Kier alpha value is -2.25. The number of aromatic nitrogens is 1. The van der Waals surface area contributed by atoms with Gasteiger partial charge in [0.15, 0.2) is 0 Å². The number of piperidine rings is 1. The molecule has 1 saturated heterocycles. The van der Waals surface area contributed by atoms with Gasteiger partial charge in [0.2, 0.25) is 11.8 Å². The molecule has 1 aliphatic rings. The molecule has 0 bridgehead atoms. The third kappa shape index (κ3) is 4.68. The number of carbonyl (C=O) groups is 2. The van der Waals surface area contributed by atoms with Gasteiger partial charge in [0, 0.05) is 24.4 Å². The van der Waals surface area contributed by atoms with Crippen molar-refractivity contribution in [3.05, 3.63) is 52.0 Å². The first-order chi connectivity index (χ1) is 12.5. The fraction of sp³-hybridized carbons (Fsp3) is 0.421. The number of rotatable bonds is 6. The molecule has 1 atom stereocenters. The van der Waals surface area contributed by atoms with Gasteiger partial charge in [-0.2, -0.15) is 0 Å². The van der Waals surface area contributed by atoms with E-state index in [-0.39, 0.29) is 30.2 Å². The molecule has 3 rings (SSSR count). The summed E-state index contributed by atoms with van der Waals surface area (Å²) in [5, 5.41) is 2.76. The van der Waals surface area contributed by atoms with Crippen LogP contribution in [0.1, 0.15) is 35.1 Å². The molecule has 2 heterocycles. The van der Waals surface area contributed by atoms with Gasteiger partial charge in [-0.1, -0.05) is 30.3 Å². The zero-order valence-electron chi connectivity index (χ0n) is 14.6. The van der Waals surface area contributed by atoms with Crippen molar-refractivity contribution >= 4 is 23.2 Å². The zero-order valence-corrected chi connectivity index (χ0v) is 15.5. The smallest absolute Gasteiger partial charge is 0.228 e. The van der Waals surface area contributed by atoms with E-state index in [0.717, 1.165) is 17.1 Å². The van der Waals surface area contributed by atoms with Gasteiger partial charge in [0.1, 0.15) is 5.01 Å². The number of amides is 2. The Labute approximate surface area is 157 Å². The van der Waals surface area contributed by atoms with Crippen LogP contribution in [0.4, 0.5) is 0 Å². The molecule has 0 radical (unpaired) electrons. The Balaban J connectivity index is 1.53. The van der Waals surface area contributed by atoms with Crippen LogP contribution in [-0.4, -0.2) is 34.8 Å². The third-order valence-electron chi connectivity index (χ3n) is 4.77. The van der Waals surface area contributed by atoms with Crippen LogP contribution >= 0.6 is 11.3 Å². The highest BCUT2D eigenvalue weighted by Gasteiger charge is 2.26. The van der Waals surface area contributed by atoms with Crippen LogP contribution in [0, 0.1) is 5.92 Å². The fourth-order valence-corrected chi connectivity index (χ4v) is 4.03. The van der Waals surface area contributed by atoms with Crippen molar-refractivity contribution < 1.29 is 9.59 Å². The summed E-state index contributed by atoms with van der Waals surface area (Å²) >= 11 is 1.50. The van der Waals surface area contributed by atoms with Crippen molar-refractivity contribution in [3.63, 3.8) is 0 Å². The molecular weight excluding hydrogens is 348 g/mol. The molecule has 26 heavy (non-hydrogen) atoms. The first-order valence-electron chi connectivity index (χ1n) is 8.84. The maximum atomic E-state index is 12.5. The number of carbonyl (C=O) groups excluding carboxylic acids is 2. The SMILES string of the molecule is NC(=O)C1CCN(C(=O)Cc2csc(C(N)Cc3ccccc3)n2)CC1. The standard InChI is InChI=1S/C19H24N4O2S/c20-16(10-13-4-2-1-3-5-13)19-22-15(12-26-19)11-17(24)23-8-6-14(7-9-23)18(21)25/h1-5,12,14,16H,6-11,20H2,(H2,21,25). The molecule has 1 aromatic heterocycles. The molecule has 1 aliphatic heterocycles. The first kappa shape index (κ1) is 18.5. The van der Waals surface area contributed by atoms with E-state index in [1.54, 1.807) is 4.90 Å². The molecule has 0 saturated carbocycles. The summed E-state index contributed by atoms with van der Waals surface area (Å²) in [6, 6.07) is 9.90. The molecule has 4 N–H and O–H groups in total. The van der Waals surface area contributed by atoms with Gasteiger partial charge in [0.05, 0.1) is 18.2 Å². The van der Waals surface area contributed by atoms with Gasteiger partial charge in [-0.15, -0.1) is 11.3 Å². The summed E-state index contributed by atoms with van der Waals surface area (Å²) in [4.78, 5) is 30.0. The van der Waals surface area contributed by atoms with Crippen LogP contribution < -0.4 is 11.5 Å². The summed E-state index contributed by atoms with van der Waals surface area (Å²) < 4.78 is 0. The van der Waals surface area contributed by atoms with E-state index in [2.05, 4.69) is 4.98 Å². The van der Waals surface area contributed by atoms with Gasteiger partial charge < -0.3 is 16.4 Å². The number of benzene rings is 1. The Bertz CT molecular complexity index is 754. The van der Waals surface area contributed by atoms with Gasteiger partial charge >= 0.3 is 0 Å². The highest BCUT2D eigenvalue weighted by Crippen LogP contribution is 2.22. The first-order valence-corrected chi connectivity index (χ1v) is 9.72. The lowest BCUT2D eigenvalue weighted by Crippen LogP contribution is -2.42. The van der Waals surface area contributed by atoms with Crippen LogP contribution in [0.25, 0.3) is 0 Å². The van der Waals surface area contributed by atoms with E-state index in [0.29, 0.717) is 25.9 Å². The molecule has 1 aromatic carbocycles. The van der Waals surface area contributed by atoms with E-state index in [9.17, 15) is 9.59 Å². The molecule has 1 unspecified atom stereocenters. The highest BCUT2D eigenvalue weighted by molar-refractivity contribution is 7.09. The number of primary amides is 1. The van der Waals surface area contributed by atoms with Crippen LogP contribution in [0.2, 0.25) is 0 Å². The minimum absolute atomic E-state index is 0.0430. The Kier molecular flexibility index (Phi) is 6.00. The van der Waals surface area contributed by atoms with Crippen molar-refractivity contribution in [2.45, 2.75) is 31.7 Å². The average Bonchev–Trinajstić information content (AvgIpc) is 3.11. The molecule has 2 aromatic rings. The van der Waals surface area contributed by atoms with Crippen molar-refractivity contribution in [2.75, 3.05) is 13.1 Å². The quantitative estimate of drug-likeness (QED) is 0.805. The van der Waals surface area contributed by atoms with Crippen LogP contribution in [0.15, 0.2) is 35.7 Å². The topological polar surface area (TPSA) is 102 Å². The van der Waals surface area contributed by atoms with E-state index in [1.165, 1.54) is 16.9 Å². The Morgan fingerprint density at radius 2 is 1.92 bits per heavy atom. The largest absolute Gasteiger partial charge is 0.369 e. The monoisotopic (exact) mass is 372 g/mol. The summed E-state index contributed by atoms with van der Waals surface area (Å²) in [6.07, 6.45) is 2.29. The maximum Gasteiger partial charge on any atom is 0.228 e. The molecule has 2 amide bonds. The van der Waals surface area contributed by atoms with E-state index < -0.39 is 0 Å². The van der Waals surface area contributed by atoms with E-state index in [4.69, 9.17) is 11.5 Å². The normalized spacial score (nSPS) is 16.4. The van der Waals surface area contributed by atoms with Gasteiger partial charge in [-0.3, -0.25) is 9.59 Å². The third-order valence-corrected chi connectivity index (χ3v) is 5.79. The zero-order chi connectivity index (χ0) is 18.5. The maximum absolute atomic E-state index is 12.5. The van der Waals surface area contributed by atoms with Crippen LogP contribution in [-0.2, 0) is 22.4 Å². The lowest BCUT2D eigenvalue weighted by atomic mass is 9.96. The second-order valence-electron chi connectivity index (χ2n) is 6.71. The highest BCUT2D eigenvalue weighted by atomic mass is 32.1. The Morgan fingerprint density at radius 3 is 2.58 bits per heavy atom. The van der Waals surface area contributed by atoms with Crippen LogP contribution in [0.3, 0.4) is 0 Å². The fourth-order valence-electron chi connectivity index (χ4n) is 3.21. The second kappa shape index (κ2) is 8.42. The predicted molar refractivity (Wildman–Crippen MR) is 101 cm³/mol. The molecule has 6 nitrogen and oxygen atoms in total. The summed E-state index contributed by atoms with van der Waals surface area (Å²) in [5.41, 5.74) is 13.5. The summed E-state index contributed by atoms with van der Waals surface area (Å²) in [5.74, 6) is -0.337. The number of nitrogens with two attached hydrogens (primary N) is 2. The molecule has 138 valence electrons. The van der Waals surface area contributed by atoms with Gasteiger partial charge in [-0.05, 0) is 24.8 Å². The average molecular weight is 372 g/mol. The number of nitrogens with zero attached hydrogens (tertiary/aromatic N) is 2.